The highest BCUT2D eigenvalue weighted by molar-refractivity contribution is 7.89. The minimum absolute atomic E-state index is 0.0115. The van der Waals surface area contributed by atoms with Gasteiger partial charge >= 0.3 is 5.97 Å². The monoisotopic (exact) mass is 391 g/mol. The lowest BCUT2D eigenvalue weighted by Gasteiger charge is -2.08. The summed E-state index contributed by atoms with van der Waals surface area (Å²) in [6.45, 7) is 0. The van der Waals surface area contributed by atoms with Gasteiger partial charge in [0.05, 0.1) is 12.0 Å². The predicted molar refractivity (Wildman–Crippen MR) is 96.7 cm³/mol. The number of esters is 1. The van der Waals surface area contributed by atoms with Crippen LogP contribution in [-0.2, 0) is 14.8 Å². The number of sulfonamides is 1. The highest BCUT2D eigenvalue weighted by Gasteiger charge is 2.17. The zero-order valence-electron chi connectivity index (χ0n) is 13.6. The second-order valence-electron chi connectivity index (χ2n) is 5.36. The number of rotatable bonds is 4. The van der Waals surface area contributed by atoms with Gasteiger partial charge in [-0.15, -0.1) is 0 Å². The summed E-state index contributed by atoms with van der Waals surface area (Å²) in [5.41, 5.74) is 1.44. The van der Waals surface area contributed by atoms with Crippen molar-refractivity contribution >= 4 is 27.6 Å². The van der Waals surface area contributed by atoms with Gasteiger partial charge in [-0.25, -0.2) is 23.3 Å². The number of benzene rings is 2. The molecule has 0 amide bonds. The Hall–Kier alpha value is -2.68. The summed E-state index contributed by atoms with van der Waals surface area (Å²) < 4.78 is 29.2. The molecule has 0 unspecified atom stereocenters. The molecule has 0 atom stereocenters. The van der Waals surface area contributed by atoms with E-state index in [2.05, 4.69) is 4.98 Å². The van der Waals surface area contributed by atoms with Crippen molar-refractivity contribution in [1.82, 2.24) is 9.55 Å². The number of carbonyl (C=O) groups is 1. The zero-order chi connectivity index (χ0) is 18.9. The lowest BCUT2D eigenvalue weighted by atomic mass is 10.2. The van der Waals surface area contributed by atoms with Crippen LogP contribution >= 0.6 is 11.6 Å². The molecule has 3 rings (SSSR count). The lowest BCUT2D eigenvalue weighted by Crippen LogP contribution is -2.12. The van der Waals surface area contributed by atoms with Gasteiger partial charge in [-0.3, -0.25) is 4.57 Å². The Kier molecular flexibility index (Phi) is 4.82. The Balaban J connectivity index is 2.14. The van der Waals surface area contributed by atoms with Crippen LogP contribution in [0, 0.1) is 0 Å². The predicted octanol–water partition coefficient (Wildman–Crippen LogP) is 2.63. The lowest BCUT2D eigenvalue weighted by molar-refractivity contribution is 0.0594. The van der Waals surface area contributed by atoms with Crippen LogP contribution in [-0.4, -0.2) is 31.0 Å². The van der Waals surface area contributed by atoms with Crippen LogP contribution in [0.1, 0.15) is 10.5 Å². The first-order valence-electron chi connectivity index (χ1n) is 7.36. The molecule has 2 aromatic carbocycles. The van der Waals surface area contributed by atoms with Crippen molar-refractivity contribution in [2.45, 2.75) is 4.90 Å². The molecular weight excluding hydrogens is 378 g/mol. The summed E-state index contributed by atoms with van der Waals surface area (Å²) in [5.74, 6) is -0.106. The fraction of sp³-hybridized carbons (Fsp3) is 0.0588. The molecule has 0 bridgehead atoms. The van der Waals surface area contributed by atoms with E-state index in [1.807, 2.05) is 0 Å². The molecule has 0 aliphatic rings. The number of hydrogen-bond donors (Lipinski definition) is 1. The molecule has 2 N–H and O–H groups in total. The van der Waals surface area contributed by atoms with Crippen molar-refractivity contribution in [1.29, 1.82) is 0 Å². The molecule has 7 nitrogen and oxygen atoms in total. The number of nitrogens with two attached hydrogens (primary N) is 1. The van der Waals surface area contributed by atoms with E-state index in [1.54, 1.807) is 41.0 Å². The molecule has 1 heterocycles. The van der Waals surface area contributed by atoms with E-state index in [0.717, 1.165) is 5.56 Å². The van der Waals surface area contributed by atoms with Gasteiger partial charge in [-0.05, 0) is 48.5 Å². The van der Waals surface area contributed by atoms with Gasteiger partial charge in [-0.2, -0.15) is 0 Å². The largest absolute Gasteiger partial charge is 0.464 e. The van der Waals surface area contributed by atoms with E-state index in [0.29, 0.717) is 16.5 Å². The van der Waals surface area contributed by atoms with Crippen LogP contribution < -0.4 is 5.14 Å². The maximum Gasteiger partial charge on any atom is 0.358 e. The van der Waals surface area contributed by atoms with Gasteiger partial charge in [0.15, 0.2) is 5.69 Å². The van der Waals surface area contributed by atoms with Crippen molar-refractivity contribution in [3.8, 4) is 17.1 Å². The number of carbonyl (C=O) groups excluding carboxylic acids is 1. The number of nitrogens with zero attached hydrogens (tertiary/aromatic N) is 2. The topological polar surface area (TPSA) is 104 Å². The first-order valence-corrected chi connectivity index (χ1v) is 9.29. The highest BCUT2D eigenvalue weighted by atomic mass is 35.5. The maximum atomic E-state index is 11.9. The zero-order valence-corrected chi connectivity index (χ0v) is 15.2. The number of methoxy groups -OCH3 is 1. The molecule has 0 saturated carbocycles. The molecule has 1 aromatic heterocycles. The third-order valence-electron chi connectivity index (χ3n) is 3.65. The first-order chi connectivity index (χ1) is 12.3. The number of hydrogen-bond acceptors (Lipinski definition) is 5. The average molecular weight is 392 g/mol. The Morgan fingerprint density at radius 1 is 1.12 bits per heavy atom. The Morgan fingerprint density at radius 2 is 1.73 bits per heavy atom. The van der Waals surface area contributed by atoms with Crippen LogP contribution in [0.2, 0.25) is 5.02 Å². The number of imidazole rings is 1. The Labute approximate surface area is 155 Å². The van der Waals surface area contributed by atoms with Crippen LogP contribution in [0.25, 0.3) is 17.1 Å². The van der Waals surface area contributed by atoms with Crippen LogP contribution in [0.3, 0.4) is 0 Å². The van der Waals surface area contributed by atoms with Crippen molar-refractivity contribution in [2.75, 3.05) is 7.11 Å². The quantitative estimate of drug-likeness (QED) is 0.688. The summed E-state index contributed by atoms with van der Waals surface area (Å²) in [6, 6.07) is 12.9. The summed E-state index contributed by atoms with van der Waals surface area (Å²) in [6.07, 6.45) is 1.52. The van der Waals surface area contributed by atoms with Gasteiger partial charge < -0.3 is 4.74 Å². The molecule has 0 saturated heterocycles. The smallest absolute Gasteiger partial charge is 0.358 e. The molecule has 0 aliphatic carbocycles. The van der Waals surface area contributed by atoms with E-state index < -0.39 is 16.0 Å². The number of ether oxygens (including phenoxy) is 1. The van der Waals surface area contributed by atoms with E-state index in [4.69, 9.17) is 21.5 Å². The van der Waals surface area contributed by atoms with Crippen LogP contribution in [0.15, 0.2) is 59.6 Å². The Morgan fingerprint density at radius 3 is 2.27 bits per heavy atom. The minimum atomic E-state index is -3.79. The van der Waals surface area contributed by atoms with E-state index in [1.165, 1.54) is 25.4 Å². The summed E-state index contributed by atoms with van der Waals surface area (Å²) in [7, 11) is -2.53. The molecule has 9 heteroatoms. The second-order valence-corrected chi connectivity index (χ2v) is 7.35. The number of primary sulfonamides is 1. The second kappa shape index (κ2) is 6.91. The molecule has 3 aromatic rings. The number of aromatic nitrogens is 2. The van der Waals surface area contributed by atoms with Crippen molar-refractivity contribution in [3.63, 3.8) is 0 Å². The van der Waals surface area contributed by atoms with Crippen molar-refractivity contribution in [3.05, 3.63) is 65.4 Å². The molecule has 134 valence electrons. The number of halogens is 1. The van der Waals surface area contributed by atoms with E-state index in [9.17, 15) is 13.2 Å². The van der Waals surface area contributed by atoms with Crippen molar-refractivity contribution in [2.24, 2.45) is 5.14 Å². The maximum absolute atomic E-state index is 11.9. The fourth-order valence-corrected chi connectivity index (χ4v) is 3.02. The van der Waals surface area contributed by atoms with Gasteiger partial charge in [-0.1, -0.05) is 11.6 Å². The summed E-state index contributed by atoms with van der Waals surface area (Å²) in [5, 5.41) is 5.69. The Bertz CT molecular complexity index is 1060. The van der Waals surface area contributed by atoms with E-state index >= 15 is 0 Å². The average Bonchev–Trinajstić information content (AvgIpc) is 3.06. The highest BCUT2D eigenvalue weighted by Crippen LogP contribution is 2.25. The third kappa shape index (κ3) is 3.62. The van der Waals surface area contributed by atoms with Crippen LogP contribution in [0.5, 0.6) is 0 Å². The van der Waals surface area contributed by atoms with Gasteiger partial charge in [0.25, 0.3) is 0 Å². The molecule has 0 radical (unpaired) electrons. The van der Waals surface area contributed by atoms with E-state index in [-0.39, 0.29) is 10.6 Å². The standard InChI is InChI=1S/C17H14ClN3O4S/c1-25-17(22)15-10-21(13-6-8-14(9-7-13)26(19,23)24)16(20-15)11-2-4-12(18)5-3-11/h2-10H,1H3,(H2,19,23,24). The molecule has 0 fully saturated rings. The summed E-state index contributed by atoms with van der Waals surface area (Å²) in [4.78, 5) is 16.2. The van der Waals surface area contributed by atoms with Gasteiger partial charge in [0.2, 0.25) is 10.0 Å². The molecular formula is C17H14ClN3O4S. The molecule has 0 spiro atoms. The third-order valence-corrected chi connectivity index (χ3v) is 4.83. The normalized spacial score (nSPS) is 11.3. The van der Waals surface area contributed by atoms with Crippen LogP contribution in [0.4, 0.5) is 0 Å². The van der Waals surface area contributed by atoms with Gasteiger partial charge in [0.1, 0.15) is 5.82 Å². The molecule has 26 heavy (non-hydrogen) atoms. The SMILES string of the molecule is COC(=O)c1cn(-c2ccc(S(N)(=O)=O)cc2)c(-c2ccc(Cl)cc2)n1. The first kappa shape index (κ1) is 18.1. The van der Waals surface area contributed by atoms with Crippen molar-refractivity contribution < 1.29 is 17.9 Å². The summed E-state index contributed by atoms with van der Waals surface area (Å²) >= 11 is 5.92. The fourth-order valence-electron chi connectivity index (χ4n) is 2.38. The van der Waals surface area contributed by atoms with Gasteiger partial charge in [0, 0.05) is 22.5 Å². The molecule has 0 aliphatic heterocycles. The minimum Gasteiger partial charge on any atom is -0.464 e.